The second-order valence-electron chi connectivity index (χ2n) is 8.05. The highest BCUT2D eigenvalue weighted by Crippen LogP contribution is 2.33. The monoisotopic (exact) mass is 326 g/mol. The van der Waals surface area contributed by atoms with Gasteiger partial charge in [-0.15, -0.1) is 0 Å². The molecule has 1 aliphatic carbocycles. The van der Waals surface area contributed by atoms with Crippen molar-refractivity contribution in [2.45, 2.75) is 78.2 Å². The maximum atomic E-state index is 11.7. The van der Waals surface area contributed by atoms with Crippen molar-refractivity contribution < 1.29 is 4.79 Å². The largest absolute Gasteiger partial charge is 0.327 e. The van der Waals surface area contributed by atoms with Crippen LogP contribution in [0, 0.1) is 5.92 Å². The molecule has 3 nitrogen and oxygen atoms in total. The quantitative estimate of drug-likeness (QED) is 0.679. The molecule has 1 heterocycles. The second-order valence-corrected chi connectivity index (χ2v) is 8.05. The molecule has 0 bridgehead atoms. The van der Waals surface area contributed by atoms with Crippen LogP contribution < -0.4 is 0 Å². The van der Waals surface area contributed by atoms with Crippen molar-refractivity contribution in [1.29, 1.82) is 0 Å². The van der Waals surface area contributed by atoms with E-state index >= 15 is 0 Å². The zero-order chi connectivity index (χ0) is 17.3. The Labute approximate surface area is 145 Å². The van der Waals surface area contributed by atoms with Gasteiger partial charge in [0.1, 0.15) is 5.82 Å². The van der Waals surface area contributed by atoms with Gasteiger partial charge in [-0.05, 0) is 50.3 Å². The summed E-state index contributed by atoms with van der Waals surface area (Å²) in [5.41, 5.74) is 2.95. The minimum Gasteiger partial charge on any atom is -0.327 e. The van der Waals surface area contributed by atoms with E-state index in [0.717, 1.165) is 30.0 Å². The van der Waals surface area contributed by atoms with E-state index in [1.165, 1.54) is 43.4 Å². The molecule has 0 amide bonds. The topological polar surface area (TPSA) is 34.9 Å². The number of Topliss-reactive ketones (excluding diaryl/α,β-unsaturated/α-hetero) is 1. The molecule has 0 saturated heterocycles. The molecule has 0 unspecified atom stereocenters. The lowest BCUT2D eigenvalue weighted by atomic mass is 9.87. The summed E-state index contributed by atoms with van der Waals surface area (Å²) in [7, 11) is 0. The van der Waals surface area contributed by atoms with Gasteiger partial charge in [0.25, 0.3) is 0 Å². The van der Waals surface area contributed by atoms with Crippen molar-refractivity contribution in [2.75, 3.05) is 0 Å². The molecule has 0 atom stereocenters. The van der Waals surface area contributed by atoms with Gasteiger partial charge in [-0.25, -0.2) is 4.98 Å². The van der Waals surface area contributed by atoms with Crippen LogP contribution in [-0.2, 0) is 12.0 Å². The summed E-state index contributed by atoms with van der Waals surface area (Å²) >= 11 is 0. The van der Waals surface area contributed by atoms with Crippen LogP contribution in [0.1, 0.15) is 82.4 Å². The average Bonchev–Trinajstić information content (AvgIpc) is 2.94. The Balaban J connectivity index is 2.08. The van der Waals surface area contributed by atoms with Crippen LogP contribution in [-0.4, -0.2) is 15.3 Å². The second kappa shape index (κ2) is 6.70. The first-order valence-electron chi connectivity index (χ1n) is 9.44. The molecule has 2 aromatic rings. The summed E-state index contributed by atoms with van der Waals surface area (Å²) in [6.45, 7) is 9.46. The number of fused-ring (bicyclic) bond motifs is 1. The summed E-state index contributed by atoms with van der Waals surface area (Å²) in [6, 6.07) is 6.01. The third-order valence-electron chi connectivity index (χ3n) is 5.81. The fourth-order valence-corrected chi connectivity index (χ4v) is 3.84. The summed E-state index contributed by atoms with van der Waals surface area (Å²) < 4.78 is 2.44. The van der Waals surface area contributed by atoms with Gasteiger partial charge in [-0.3, -0.25) is 4.79 Å². The van der Waals surface area contributed by atoms with Gasteiger partial charge in [0.05, 0.1) is 11.0 Å². The van der Waals surface area contributed by atoms with Crippen molar-refractivity contribution in [3.05, 3.63) is 29.6 Å². The van der Waals surface area contributed by atoms with Crippen LogP contribution in [0.2, 0.25) is 0 Å². The molecule has 0 aliphatic heterocycles. The highest BCUT2D eigenvalue weighted by atomic mass is 16.1. The number of benzene rings is 1. The Morgan fingerprint density at radius 3 is 2.58 bits per heavy atom. The molecule has 0 N–H and O–H groups in total. The highest BCUT2D eigenvalue weighted by molar-refractivity contribution is 5.97. The number of carbonyl (C=O) groups excluding carboxylic acids is 1. The van der Waals surface area contributed by atoms with Crippen LogP contribution in [0.25, 0.3) is 11.0 Å². The molecule has 1 fully saturated rings. The number of hydrogen-bond donors (Lipinski definition) is 0. The number of nitrogens with zero attached hydrogens (tertiary/aromatic N) is 2. The average molecular weight is 326 g/mol. The van der Waals surface area contributed by atoms with E-state index in [1.54, 1.807) is 6.92 Å². The van der Waals surface area contributed by atoms with Crippen molar-refractivity contribution >= 4 is 16.8 Å². The van der Waals surface area contributed by atoms with Crippen LogP contribution in [0.3, 0.4) is 0 Å². The van der Waals surface area contributed by atoms with E-state index in [2.05, 4.69) is 31.4 Å². The van der Waals surface area contributed by atoms with Crippen LogP contribution >= 0.6 is 0 Å². The summed E-state index contributed by atoms with van der Waals surface area (Å²) in [5.74, 6) is 2.04. The highest BCUT2D eigenvalue weighted by Gasteiger charge is 2.27. The van der Waals surface area contributed by atoms with Gasteiger partial charge < -0.3 is 4.57 Å². The van der Waals surface area contributed by atoms with E-state index in [0.29, 0.717) is 0 Å². The SMILES string of the molecule is CCC(C)(C)c1nc2cc(C(C)=O)ccc2n1CC1CCCCC1. The van der Waals surface area contributed by atoms with Crippen LogP contribution in [0.5, 0.6) is 0 Å². The molecule has 0 radical (unpaired) electrons. The first-order valence-corrected chi connectivity index (χ1v) is 9.44. The minimum atomic E-state index is 0.0457. The van der Waals surface area contributed by atoms with E-state index < -0.39 is 0 Å². The fraction of sp³-hybridized carbons (Fsp3) is 0.619. The number of hydrogen-bond acceptors (Lipinski definition) is 2. The van der Waals surface area contributed by atoms with Crippen molar-refractivity contribution in [3.63, 3.8) is 0 Å². The number of ketones is 1. The predicted molar refractivity (Wildman–Crippen MR) is 99.6 cm³/mol. The zero-order valence-corrected chi connectivity index (χ0v) is 15.6. The van der Waals surface area contributed by atoms with E-state index in [4.69, 9.17) is 4.98 Å². The lowest BCUT2D eigenvalue weighted by molar-refractivity contribution is 0.101. The standard InChI is InChI=1S/C21H30N2O/c1-5-21(3,4)20-22-18-13-17(15(2)24)11-12-19(18)23(20)14-16-9-7-6-8-10-16/h11-13,16H,5-10,14H2,1-4H3. The molecular weight excluding hydrogens is 296 g/mol. The molecule has 0 spiro atoms. The molecule has 24 heavy (non-hydrogen) atoms. The van der Waals surface area contributed by atoms with Crippen molar-refractivity contribution in [2.24, 2.45) is 5.92 Å². The smallest absolute Gasteiger partial charge is 0.159 e. The minimum absolute atomic E-state index is 0.0457. The Bertz CT molecular complexity index is 736. The Kier molecular flexibility index (Phi) is 4.80. The maximum Gasteiger partial charge on any atom is 0.159 e. The normalized spacial score (nSPS) is 16.7. The summed E-state index contributed by atoms with van der Waals surface area (Å²) in [6.07, 6.45) is 7.82. The molecule has 3 heteroatoms. The Hall–Kier alpha value is -1.64. The van der Waals surface area contributed by atoms with E-state index in [-0.39, 0.29) is 11.2 Å². The lowest BCUT2D eigenvalue weighted by Gasteiger charge is -2.27. The Morgan fingerprint density at radius 1 is 1.25 bits per heavy atom. The molecule has 3 rings (SSSR count). The fourth-order valence-electron chi connectivity index (χ4n) is 3.84. The van der Waals surface area contributed by atoms with E-state index in [9.17, 15) is 4.79 Å². The first-order chi connectivity index (χ1) is 11.4. The zero-order valence-electron chi connectivity index (χ0n) is 15.6. The van der Waals surface area contributed by atoms with Gasteiger partial charge in [-0.1, -0.05) is 40.0 Å². The van der Waals surface area contributed by atoms with Gasteiger partial charge in [0, 0.05) is 17.5 Å². The van der Waals surface area contributed by atoms with Crippen LogP contribution in [0.15, 0.2) is 18.2 Å². The molecule has 1 aliphatic rings. The third kappa shape index (κ3) is 3.26. The van der Waals surface area contributed by atoms with Crippen LogP contribution in [0.4, 0.5) is 0 Å². The van der Waals surface area contributed by atoms with Crippen molar-refractivity contribution in [3.8, 4) is 0 Å². The molecule has 1 aromatic carbocycles. The molecule has 130 valence electrons. The van der Waals surface area contributed by atoms with Gasteiger partial charge in [-0.2, -0.15) is 0 Å². The number of imidazole rings is 1. The first kappa shape index (κ1) is 17.2. The molecular formula is C21H30N2O. The molecule has 1 aromatic heterocycles. The summed E-state index contributed by atoms with van der Waals surface area (Å²) in [5, 5.41) is 0. The maximum absolute atomic E-state index is 11.7. The molecule has 1 saturated carbocycles. The third-order valence-corrected chi connectivity index (χ3v) is 5.81. The van der Waals surface area contributed by atoms with Gasteiger partial charge in [0.15, 0.2) is 5.78 Å². The number of rotatable bonds is 5. The van der Waals surface area contributed by atoms with Gasteiger partial charge in [0.2, 0.25) is 0 Å². The predicted octanol–water partition coefficient (Wildman–Crippen LogP) is 5.51. The summed E-state index contributed by atoms with van der Waals surface area (Å²) in [4.78, 5) is 16.7. The van der Waals surface area contributed by atoms with Crippen molar-refractivity contribution in [1.82, 2.24) is 9.55 Å². The van der Waals surface area contributed by atoms with E-state index in [1.807, 2.05) is 12.1 Å². The number of carbonyl (C=O) groups is 1. The lowest BCUT2D eigenvalue weighted by Crippen LogP contribution is -2.24. The van der Waals surface area contributed by atoms with Gasteiger partial charge >= 0.3 is 0 Å². The number of aromatic nitrogens is 2. The Morgan fingerprint density at radius 2 is 1.96 bits per heavy atom.